The zero-order valence-corrected chi connectivity index (χ0v) is 10.7. The summed E-state index contributed by atoms with van der Waals surface area (Å²) in [6.07, 6.45) is 4.64. The van der Waals surface area contributed by atoms with Crippen molar-refractivity contribution >= 4 is 0 Å². The Hall–Kier alpha value is -1.00. The van der Waals surface area contributed by atoms with Crippen LogP contribution in [0.25, 0.3) is 0 Å². The molecule has 1 aliphatic carbocycles. The van der Waals surface area contributed by atoms with Gasteiger partial charge in [0.15, 0.2) is 0 Å². The molecule has 3 fully saturated rings. The summed E-state index contributed by atoms with van der Waals surface area (Å²) in [5, 5.41) is 8.14. The number of hydrogen-bond acceptors (Lipinski definition) is 4. The zero-order valence-electron chi connectivity index (χ0n) is 10.7. The minimum atomic E-state index is 0.905. The van der Waals surface area contributed by atoms with Crippen LogP contribution in [0.15, 0.2) is 18.3 Å². The highest BCUT2D eigenvalue weighted by atomic mass is 15.3. The van der Waals surface area contributed by atoms with Gasteiger partial charge in [-0.3, -0.25) is 9.80 Å². The van der Waals surface area contributed by atoms with Crippen LogP contribution in [-0.2, 0) is 6.54 Å². The first-order valence-corrected chi connectivity index (χ1v) is 7.11. The van der Waals surface area contributed by atoms with E-state index in [1.165, 1.54) is 39.0 Å². The SMILES string of the molecule is c1cnnc(CN2CC3CN(C4CC4)CC3C2)c1. The molecule has 0 spiro atoms. The van der Waals surface area contributed by atoms with Crippen molar-refractivity contribution in [3.8, 4) is 0 Å². The molecule has 96 valence electrons. The fourth-order valence-corrected chi connectivity index (χ4v) is 3.64. The molecule has 1 aromatic rings. The normalized spacial score (nSPS) is 32.9. The molecule has 4 rings (SSSR count). The molecule has 1 saturated carbocycles. The number of likely N-dealkylation sites (tertiary alicyclic amines) is 2. The van der Waals surface area contributed by atoms with Gasteiger partial charge in [-0.25, -0.2) is 0 Å². The van der Waals surface area contributed by atoms with Gasteiger partial charge < -0.3 is 0 Å². The second-order valence-corrected chi connectivity index (χ2v) is 6.11. The molecule has 0 amide bonds. The minimum Gasteiger partial charge on any atom is -0.300 e. The van der Waals surface area contributed by atoms with E-state index in [1.807, 2.05) is 6.07 Å². The van der Waals surface area contributed by atoms with Crippen LogP contribution in [0.2, 0.25) is 0 Å². The van der Waals surface area contributed by atoms with Gasteiger partial charge in [0.2, 0.25) is 0 Å². The Bertz CT molecular complexity index is 403. The van der Waals surface area contributed by atoms with Crippen LogP contribution in [-0.4, -0.2) is 52.2 Å². The van der Waals surface area contributed by atoms with Crippen molar-refractivity contribution in [2.45, 2.75) is 25.4 Å². The van der Waals surface area contributed by atoms with Gasteiger partial charge in [-0.05, 0) is 36.8 Å². The molecule has 0 radical (unpaired) electrons. The summed E-state index contributed by atoms with van der Waals surface area (Å²) in [7, 11) is 0. The Morgan fingerprint density at radius 1 is 1.11 bits per heavy atom. The number of hydrogen-bond donors (Lipinski definition) is 0. The van der Waals surface area contributed by atoms with Crippen LogP contribution < -0.4 is 0 Å². The second-order valence-electron chi connectivity index (χ2n) is 6.11. The minimum absolute atomic E-state index is 0.905. The fourth-order valence-electron chi connectivity index (χ4n) is 3.64. The lowest BCUT2D eigenvalue weighted by atomic mass is 10.0. The molecule has 0 bridgehead atoms. The lowest BCUT2D eigenvalue weighted by Crippen LogP contribution is -2.30. The van der Waals surface area contributed by atoms with E-state index in [4.69, 9.17) is 0 Å². The summed E-state index contributed by atoms with van der Waals surface area (Å²) in [4.78, 5) is 5.29. The number of nitrogens with zero attached hydrogens (tertiary/aromatic N) is 4. The largest absolute Gasteiger partial charge is 0.300 e. The van der Waals surface area contributed by atoms with E-state index in [1.54, 1.807) is 6.20 Å². The molecule has 2 aliphatic heterocycles. The summed E-state index contributed by atoms with van der Waals surface area (Å²) in [6, 6.07) is 5.01. The van der Waals surface area contributed by atoms with E-state index in [0.29, 0.717) is 0 Å². The average Bonchev–Trinajstić information content (AvgIpc) is 3.05. The fraction of sp³-hybridized carbons (Fsp3) is 0.714. The molecule has 2 saturated heterocycles. The van der Waals surface area contributed by atoms with Gasteiger partial charge in [-0.2, -0.15) is 10.2 Å². The van der Waals surface area contributed by atoms with E-state index in [0.717, 1.165) is 30.1 Å². The van der Waals surface area contributed by atoms with E-state index in [2.05, 4.69) is 26.1 Å². The van der Waals surface area contributed by atoms with Crippen LogP contribution in [0.5, 0.6) is 0 Å². The third kappa shape index (κ3) is 2.04. The number of fused-ring (bicyclic) bond motifs is 1. The molecule has 0 aromatic carbocycles. The number of rotatable bonds is 3. The maximum atomic E-state index is 4.19. The standard InChI is InChI=1S/C14H20N4/c1-2-13(16-15-5-1)10-17-6-11-8-18(14-3-4-14)9-12(11)7-17/h1-2,5,11-12,14H,3-4,6-10H2. The molecule has 3 heterocycles. The summed E-state index contributed by atoms with van der Waals surface area (Å²) in [5.74, 6) is 1.81. The molecule has 3 aliphatic rings. The lowest BCUT2D eigenvalue weighted by Gasteiger charge is -2.20. The number of aromatic nitrogens is 2. The van der Waals surface area contributed by atoms with Gasteiger partial charge in [0.05, 0.1) is 5.69 Å². The van der Waals surface area contributed by atoms with Crippen LogP contribution in [0.1, 0.15) is 18.5 Å². The maximum Gasteiger partial charge on any atom is 0.0771 e. The highest BCUT2D eigenvalue weighted by Gasteiger charge is 2.44. The van der Waals surface area contributed by atoms with E-state index < -0.39 is 0 Å². The van der Waals surface area contributed by atoms with Crippen LogP contribution in [0.3, 0.4) is 0 Å². The average molecular weight is 244 g/mol. The first-order valence-electron chi connectivity index (χ1n) is 7.11. The van der Waals surface area contributed by atoms with Crippen molar-refractivity contribution in [1.29, 1.82) is 0 Å². The molecule has 2 unspecified atom stereocenters. The van der Waals surface area contributed by atoms with Gasteiger partial charge in [0.1, 0.15) is 0 Å². The van der Waals surface area contributed by atoms with Crippen LogP contribution in [0.4, 0.5) is 0 Å². The highest BCUT2D eigenvalue weighted by molar-refractivity contribution is 5.02. The quantitative estimate of drug-likeness (QED) is 0.794. The molecule has 2 atom stereocenters. The summed E-state index contributed by atoms with van der Waals surface area (Å²) in [5.41, 5.74) is 1.11. The van der Waals surface area contributed by atoms with Crippen molar-refractivity contribution in [3.05, 3.63) is 24.0 Å². The second kappa shape index (κ2) is 4.28. The third-order valence-corrected chi connectivity index (χ3v) is 4.67. The van der Waals surface area contributed by atoms with Gasteiger partial charge in [-0.1, -0.05) is 0 Å². The topological polar surface area (TPSA) is 32.3 Å². The first-order chi connectivity index (χ1) is 8.88. The van der Waals surface area contributed by atoms with Crippen molar-refractivity contribution in [3.63, 3.8) is 0 Å². The molecule has 18 heavy (non-hydrogen) atoms. The Balaban J connectivity index is 1.35. The Morgan fingerprint density at radius 3 is 2.50 bits per heavy atom. The van der Waals surface area contributed by atoms with Crippen molar-refractivity contribution in [1.82, 2.24) is 20.0 Å². The molecular weight excluding hydrogens is 224 g/mol. The van der Waals surface area contributed by atoms with Gasteiger partial charge >= 0.3 is 0 Å². The van der Waals surface area contributed by atoms with Crippen LogP contribution in [0, 0.1) is 11.8 Å². The smallest absolute Gasteiger partial charge is 0.0771 e. The molecule has 1 aromatic heterocycles. The van der Waals surface area contributed by atoms with E-state index in [9.17, 15) is 0 Å². The monoisotopic (exact) mass is 244 g/mol. The summed E-state index contributed by atoms with van der Waals surface area (Å²) >= 11 is 0. The van der Waals surface area contributed by atoms with Crippen LogP contribution >= 0.6 is 0 Å². The highest BCUT2D eigenvalue weighted by Crippen LogP contribution is 2.37. The van der Waals surface area contributed by atoms with E-state index in [-0.39, 0.29) is 0 Å². The van der Waals surface area contributed by atoms with Crippen molar-refractivity contribution < 1.29 is 0 Å². The van der Waals surface area contributed by atoms with Gasteiger partial charge in [-0.15, -0.1) is 0 Å². The van der Waals surface area contributed by atoms with E-state index >= 15 is 0 Å². The molecular formula is C14H20N4. The predicted octanol–water partition coefficient (Wildman–Crippen LogP) is 1.00. The molecule has 0 N–H and O–H groups in total. The summed E-state index contributed by atoms with van der Waals surface area (Å²) in [6.45, 7) is 6.16. The molecule has 4 heteroatoms. The third-order valence-electron chi connectivity index (χ3n) is 4.67. The molecule has 4 nitrogen and oxygen atoms in total. The predicted molar refractivity (Wildman–Crippen MR) is 68.9 cm³/mol. The zero-order chi connectivity index (χ0) is 11.9. The first kappa shape index (κ1) is 10.9. The van der Waals surface area contributed by atoms with Gasteiger partial charge in [0.25, 0.3) is 0 Å². The Kier molecular flexibility index (Phi) is 2.59. The van der Waals surface area contributed by atoms with Crippen molar-refractivity contribution in [2.24, 2.45) is 11.8 Å². The Labute approximate surface area is 108 Å². The lowest BCUT2D eigenvalue weighted by molar-refractivity contribution is 0.243. The maximum absolute atomic E-state index is 4.19. The summed E-state index contributed by atoms with van der Waals surface area (Å²) < 4.78 is 0. The van der Waals surface area contributed by atoms with Crippen molar-refractivity contribution in [2.75, 3.05) is 26.2 Å². The van der Waals surface area contributed by atoms with Gasteiger partial charge in [0, 0.05) is 45.0 Å². The Morgan fingerprint density at radius 2 is 1.89 bits per heavy atom.